The van der Waals surface area contributed by atoms with E-state index in [1.165, 1.54) is 7.11 Å². The largest absolute Gasteiger partial charge is 0.453 e. The predicted octanol–water partition coefficient (Wildman–Crippen LogP) is 1.38. The lowest BCUT2D eigenvalue weighted by Crippen LogP contribution is -2.38. The predicted molar refractivity (Wildman–Crippen MR) is 100 cm³/mol. The molecule has 2 rings (SSSR count). The molecule has 2 aromatic rings. The maximum absolute atomic E-state index is 11.2. The van der Waals surface area contributed by atoms with Crippen LogP contribution in [0.4, 0.5) is 10.5 Å². The molecule has 0 atom stereocenters. The summed E-state index contributed by atoms with van der Waals surface area (Å²) in [5.41, 5.74) is 1.75. The molecule has 3 N–H and O–H groups in total. The zero-order chi connectivity index (χ0) is 18.8. The Balaban J connectivity index is 1.77. The zero-order valence-corrected chi connectivity index (χ0v) is 15.3. The van der Waals surface area contributed by atoms with Gasteiger partial charge >= 0.3 is 6.09 Å². The Labute approximate surface area is 152 Å². The van der Waals surface area contributed by atoms with Crippen LogP contribution in [-0.4, -0.2) is 47.5 Å². The minimum absolute atomic E-state index is 0.486. The summed E-state index contributed by atoms with van der Waals surface area (Å²) in [6.07, 6.45) is 2.11. The number of benzene rings is 1. The number of nitrogens with one attached hydrogen (secondary N) is 3. The lowest BCUT2D eigenvalue weighted by atomic mass is 10.2. The summed E-state index contributed by atoms with van der Waals surface area (Å²) < 4.78 is 6.58. The summed E-state index contributed by atoms with van der Waals surface area (Å²) in [6.45, 7) is 4.16. The van der Waals surface area contributed by atoms with E-state index < -0.39 is 6.09 Å². The Bertz CT molecular complexity index is 725. The van der Waals surface area contributed by atoms with Gasteiger partial charge in [0.25, 0.3) is 0 Å². The number of nitrogens with zero attached hydrogens (tertiary/aromatic N) is 4. The van der Waals surface area contributed by atoms with Crippen LogP contribution >= 0.6 is 0 Å². The van der Waals surface area contributed by atoms with Gasteiger partial charge in [-0.2, -0.15) is 0 Å². The van der Waals surface area contributed by atoms with Gasteiger partial charge in [-0.1, -0.05) is 19.1 Å². The molecule has 140 valence electrons. The molecule has 0 saturated heterocycles. The molecule has 26 heavy (non-hydrogen) atoms. The first-order chi connectivity index (χ1) is 12.7. The van der Waals surface area contributed by atoms with Gasteiger partial charge in [-0.15, -0.1) is 10.2 Å². The van der Waals surface area contributed by atoms with Gasteiger partial charge in [0.1, 0.15) is 12.2 Å². The van der Waals surface area contributed by atoms with Gasteiger partial charge in [0.05, 0.1) is 7.11 Å². The third kappa shape index (κ3) is 5.76. The average molecular weight is 359 g/mol. The van der Waals surface area contributed by atoms with Crippen LogP contribution in [-0.2, 0) is 24.2 Å². The molecule has 0 unspecified atom stereocenters. The smallest absolute Gasteiger partial charge is 0.411 e. The Morgan fingerprint density at radius 2 is 2.04 bits per heavy atom. The van der Waals surface area contributed by atoms with Crippen molar-refractivity contribution in [2.75, 3.05) is 26.0 Å². The minimum Gasteiger partial charge on any atom is -0.453 e. The fraction of sp³-hybridized carbons (Fsp3) is 0.412. The van der Waals surface area contributed by atoms with Crippen LogP contribution in [0, 0.1) is 0 Å². The molecule has 1 heterocycles. The summed E-state index contributed by atoms with van der Waals surface area (Å²) >= 11 is 0. The summed E-state index contributed by atoms with van der Waals surface area (Å²) in [5, 5.41) is 17.1. The minimum atomic E-state index is -0.486. The van der Waals surface area contributed by atoms with E-state index >= 15 is 0 Å². The summed E-state index contributed by atoms with van der Waals surface area (Å²) in [6, 6.07) is 7.50. The number of ether oxygens (including phenoxy) is 1. The van der Waals surface area contributed by atoms with E-state index in [1.807, 2.05) is 28.8 Å². The van der Waals surface area contributed by atoms with Gasteiger partial charge in [-0.25, -0.2) is 4.79 Å². The van der Waals surface area contributed by atoms with Crippen molar-refractivity contribution in [1.82, 2.24) is 25.4 Å². The van der Waals surface area contributed by atoms with Crippen LogP contribution in [0.2, 0.25) is 0 Å². The molecule has 1 amide bonds. The Morgan fingerprint density at radius 1 is 1.27 bits per heavy atom. The van der Waals surface area contributed by atoms with Crippen LogP contribution in [0.15, 0.2) is 35.6 Å². The number of hydrogen-bond donors (Lipinski definition) is 3. The molecule has 1 aromatic heterocycles. The second-order valence-corrected chi connectivity index (χ2v) is 5.46. The van der Waals surface area contributed by atoms with Crippen LogP contribution < -0.4 is 16.0 Å². The standard InChI is InChI=1S/C17H25N7O2/c1-4-15-23-21-12-24(15)10-9-19-16(18-2)20-11-13-5-7-14(8-6-13)22-17(25)26-3/h5-8,12H,4,9-11H2,1-3H3,(H,22,25)(H2,18,19,20). The number of aryl methyl sites for hydroxylation is 1. The third-order valence-corrected chi connectivity index (χ3v) is 3.73. The molecule has 0 aliphatic carbocycles. The van der Waals surface area contributed by atoms with Crippen molar-refractivity contribution in [2.45, 2.75) is 26.4 Å². The quantitative estimate of drug-likeness (QED) is 0.509. The first-order valence-electron chi connectivity index (χ1n) is 8.41. The molecule has 0 saturated carbocycles. The van der Waals surface area contributed by atoms with Crippen molar-refractivity contribution in [3.63, 3.8) is 0 Å². The van der Waals surface area contributed by atoms with Gasteiger partial charge in [0.2, 0.25) is 0 Å². The summed E-state index contributed by atoms with van der Waals surface area (Å²) in [4.78, 5) is 15.4. The Kier molecular flexibility index (Phi) is 7.41. The van der Waals surface area contributed by atoms with Crippen molar-refractivity contribution >= 4 is 17.7 Å². The molecule has 9 nitrogen and oxygen atoms in total. The summed E-state index contributed by atoms with van der Waals surface area (Å²) in [5.74, 6) is 1.68. The highest BCUT2D eigenvalue weighted by Crippen LogP contribution is 2.09. The average Bonchev–Trinajstić information content (AvgIpc) is 3.13. The number of amides is 1. The fourth-order valence-corrected chi connectivity index (χ4v) is 2.32. The number of aliphatic imine (C=N–C) groups is 1. The van der Waals surface area contributed by atoms with Crippen molar-refractivity contribution in [3.8, 4) is 0 Å². The number of rotatable bonds is 7. The van der Waals surface area contributed by atoms with Crippen molar-refractivity contribution in [3.05, 3.63) is 42.0 Å². The van der Waals surface area contributed by atoms with E-state index in [-0.39, 0.29) is 0 Å². The number of methoxy groups -OCH3 is 1. The van der Waals surface area contributed by atoms with Gasteiger partial charge < -0.3 is 19.9 Å². The van der Waals surface area contributed by atoms with E-state index in [4.69, 9.17) is 0 Å². The monoisotopic (exact) mass is 359 g/mol. The maximum Gasteiger partial charge on any atom is 0.411 e. The maximum atomic E-state index is 11.2. The van der Waals surface area contributed by atoms with Gasteiger partial charge in [0.15, 0.2) is 5.96 Å². The first kappa shape index (κ1) is 19.2. The highest BCUT2D eigenvalue weighted by Gasteiger charge is 2.03. The molecular formula is C17H25N7O2. The fourth-order valence-electron chi connectivity index (χ4n) is 2.32. The molecule has 0 aliphatic heterocycles. The Hall–Kier alpha value is -3.10. The number of aromatic nitrogens is 3. The van der Waals surface area contributed by atoms with E-state index in [0.29, 0.717) is 24.7 Å². The molecular weight excluding hydrogens is 334 g/mol. The lowest BCUT2D eigenvalue weighted by molar-refractivity contribution is 0.187. The number of anilines is 1. The highest BCUT2D eigenvalue weighted by atomic mass is 16.5. The Morgan fingerprint density at radius 3 is 2.69 bits per heavy atom. The van der Waals surface area contributed by atoms with Crippen LogP contribution in [0.3, 0.4) is 0 Å². The molecule has 1 aromatic carbocycles. The second kappa shape index (κ2) is 10.0. The van der Waals surface area contributed by atoms with Crippen molar-refractivity contribution in [1.29, 1.82) is 0 Å². The van der Waals surface area contributed by atoms with Crippen molar-refractivity contribution in [2.24, 2.45) is 4.99 Å². The number of carbonyl (C=O) groups excluding carboxylic acids is 1. The first-order valence-corrected chi connectivity index (χ1v) is 8.41. The normalized spacial score (nSPS) is 11.1. The van der Waals surface area contributed by atoms with Crippen LogP contribution in [0.25, 0.3) is 0 Å². The van der Waals surface area contributed by atoms with Crippen LogP contribution in [0.5, 0.6) is 0 Å². The second-order valence-electron chi connectivity index (χ2n) is 5.46. The van der Waals surface area contributed by atoms with E-state index in [2.05, 4.69) is 42.8 Å². The van der Waals surface area contributed by atoms with Gasteiger partial charge in [-0.05, 0) is 17.7 Å². The third-order valence-electron chi connectivity index (χ3n) is 3.73. The molecule has 0 bridgehead atoms. The SMILES string of the molecule is CCc1nncn1CCNC(=NC)NCc1ccc(NC(=O)OC)cc1. The van der Waals surface area contributed by atoms with E-state index in [1.54, 1.807) is 13.4 Å². The number of hydrogen-bond acceptors (Lipinski definition) is 5. The molecule has 9 heteroatoms. The molecule has 0 radical (unpaired) electrons. The van der Waals surface area contributed by atoms with E-state index in [0.717, 1.165) is 24.4 Å². The lowest BCUT2D eigenvalue weighted by Gasteiger charge is -2.13. The topological polar surface area (TPSA) is 105 Å². The molecule has 0 aliphatic rings. The number of guanidine groups is 1. The van der Waals surface area contributed by atoms with Crippen LogP contribution in [0.1, 0.15) is 18.3 Å². The molecule has 0 fully saturated rings. The highest BCUT2D eigenvalue weighted by molar-refractivity contribution is 5.84. The van der Waals surface area contributed by atoms with E-state index in [9.17, 15) is 4.79 Å². The number of carbonyl (C=O) groups is 1. The van der Waals surface area contributed by atoms with Gasteiger partial charge in [-0.3, -0.25) is 10.3 Å². The van der Waals surface area contributed by atoms with Gasteiger partial charge in [0, 0.05) is 38.8 Å². The summed E-state index contributed by atoms with van der Waals surface area (Å²) in [7, 11) is 3.06. The van der Waals surface area contributed by atoms with Crippen molar-refractivity contribution < 1.29 is 9.53 Å². The molecule has 0 spiro atoms. The zero-order valence-electron chi connectivity index (χ0n) is 15.3.